The Morgan fingerprint density at radius 1 is 1.19 bits per heavy atom. The molecule has 7 nitrogen and oxygen atoms in total. The van der Waals surface area contributed by atoms with E-state index in [4.69, 9.17) is 26.4 Å². The van der Waals surface area contributed by atoms with Gasteiger partial charge in [-0.2, -0.15) is 0 Å². The average molecular weight is 527 g/mol. The highest BCUT2D eigenvalue weighted by Gasteiger charge is 2.34. The molecule has 36 heavy (non-hydrogen) atoms. The summed E-state index contributed by atoms with van der Waals surface area (Å²) in [5.41, 5.74) is 2.71. The van der Waals surface area contributed by atoms with Crippen LogP contribution in [0.5, 0.6) is 11.5 Å². The summed E-state index contributed by atoms with van der Waals surface area (Å²) in [7, 11) is 0. The maximum Gasteiger partial charge on any atom is 0.266 e. The Labute approximate surface area is 221 Å². The molecule has 0 saturated carbocycles. The molecule has 0 bridgehead atoms. The second kappa shape index (κ2) is 12.4. The van der Waals surface area contributed by atoms with Crippen LogP contribution in [0.15, 0.2) is 47.4 Å². The molecular formula is C27H30N2O5S2. The molecule has 190 valence electrons. The minimum atomic E-state index is -0.263. The van der Waals surface area contributed by atoms with Crippen LogP contribution in [-0.2, 0) is 20.7 Å². The van der Waals surface area contributed by atoms with Crippen molar-refractivity contribution in [2.45, 2.75) is 39.2 Å². The minimum Gasteiger partial charge on any atom is -0.490 e. The first kappa shape index (κ1) is 26.2. The van der Waals surface area contributed by atoms with E-state index in [9.17, 15) is 9.59 Å². The lowest BCUT2D eigenvalue weighted by molar-refractivity contribution is -0.123. The lowest BCUT2D eigenvalue weighted by Gasteiger charge is -2.18. The van der Waals surface area contributed by atoms with E-state index in [0.717, 1.165) is 37.1 Å². The summed E-state index contributed by atoms with van der Waals surface area (Å²) in [4.78, 5) is 27.5. The van der Waals surface area contributed by atoms with Crippen LogP contribution in [0.25, 0.3) is 6.08 Å². The molecule has 2 fully saturated rings. The van der Waals surface area contributed by atoms with Crippen molar-refractivity contribution in [2.75, 3.05) is 31.7 Å². The number of hydrogen-bond acceptors (Lipinski definition) is 7. The summed E-state index contributed by atoms with van der Waals surface area (Å²) in [6.07, 6.45) is 4.74. The van der Waals surface area contributed by atoms with Crippen molar-refractivity contribution < 1.29 is 23.8 Å². The fraction of sp³-hybridized carbons (Fsp3) is 0.370. The molecule has 1 unspecified atom stereocenters. The van der Waals surface area contributed by atoms with Gasteiger partial charge < -0.3 is 19.5 Å². The normalized spacial score (nSPS) is 18.7. The molecule has 0 aromatic heterocycles. The van der Waals surface area contributed by atoms with Crippen molar-refractivity contribution in [1.29, 1.82) is 0 Å². The fourth-order valence-corrected chi connectivity index (χ4v) is 5.24. The van der Waals surface area contributed by atoms with Gasteiger partial charge in [0, 0.05) is 12.3 Å². The SMILES string of the molecule is CCOc1cc(C=C2SC(=S)N(CC3CCCO3)C2=O)ccc1OCC(=O)Nc1ccc(CC)cc1. The molecule has 0 spiro atoms. The van der Waals surface area contributed by atoms with Gasteiger partial charge in [-0.05, 0) is 67.7 Å². The molecule has 0 aliphatic carbocycles. The van der Waals surface area contributed by atoms with Gasteiger partial charge in [0.25, 0.3) is 11.8 Å². The summed E-state index contributed by atoms with van der Waals surface area (Å²) in [5, 5.41) is 2.83. The smallest absolute Gasteiger partial charge is 0.266 e. The van der Waals surface area contributed by atoms with E-state index in [1.807, 2.05) is 37.3 Å². The minimum absolute atomic E-state index is 0.0424. The Balaban J connectivity index is 1.40. The quantitative estimate of drug-likeness (QED) is 0.343. The van der Waals surface area contributed by atoms with Crippen LogP contribution in [-0.4, -0.2) is 53.5 Å². The second-order valence-electron chi connectivity index (χ2n) is 8.45. The Kier molecular flexibility index (Phi) is 9.01. The molecule has 2 aliphatic heterocycles. The lowest BCUT2D eigenvalue weighted by Crippen LogP contribution is -2.35. The first-order valence-electron chi connectivity index (χ1n) is 12.1. The van der Waals surface area contributed by atoms with Crippen molar-refractivity contribution in [2.24, 2.45) is 0 Å². The molecule has 9 heteroatoms. The van der Waals surface area contributed by atoms with Crippen LogP contribution < -0.4 is 14.8 Å². The van der Waals surface area contributed by atoms with Crippen LogP contribution in [0.2, 0.25) is 0 Å². The third-order valence-electron chi connectivity index (χ3n) is 5.85. The highest BCUT2D eigenvalue weighted by molar-refractivity contribution is 8.26. The number of carbonyl (C=O) groups is 2. The zero-order valence-electron chi connectivity index (χ0n) is 20.5. The standard InChI is InChI=1S/C27H30N2O5S2/c1-3-18-7-10-20(11-8-18)28-25(30)17-34-22-12-9-19(14-23(22)32-4-2)15-24-26(31)29(27(35)36-24)16-21-6-5-13-33-21/h7-12,14-15,21H,3-6,13,16-17H2,1-2H3,(H,28,30). The predicted octanol–water partition coefficient (Wildman–Crippen LogP) is 5.05. The van der Waals surface area contributed by atoms with Crippen LogP contribution >= 0.6 is 24.0 Å². The number of thioether (sulfide) groups is 1. The van der Waals surface area contributed by atoms with Crippen LogP contribution in [0.3, 0.4) is 0 Å². The summed E-state index contributed by atoms with van der Waals surface area (Å²) in [5.74, 6) is 0.584. The van der Waals surface area contributed by atoms with Crippen molar-refractivity contribution in [1.82, 2.24) is 4.90 Å². The van der Waals surface area contributed by atoms with Crippen LogP contribution in [0.1, 0.15) is 37.8 Å². The Bertz CT molecular complexity index is 1140. The van der Waals surface area contributed by atoms with Gasteiger partial charge in [-0.15, -0.1) is 0 Å². The van der Waals surface area contributed by atoms with Gasteiger partial charge >= 0.3 is 0 Å². The maximum absolute atomic E-state index is 12.9. The van der Waals surface area contributed by atoms with Gasteiger partial charge in [-0.25, -0.2) is 0 Å². The van der Waals surface area contributed by atoms with Gasteiger partial charge in [0.1, 0.15) is 4.32 Å². The maximum atomic E-state index is 12.9. The van der Waals surface area contributed by atoms with Gasteiger partial charge in [0.05, 0.1) is 24.2 Å². The number of thiocarbonyl (C=S) groups is 1. The molecular weight excluding hydrogens is 496 g/mol. The predicted molar refractivity (Wildman–Crippen MR) is 146 cm³/mol. The molecule has 1 atom stereocenters. The molecule has 2 aliphatic rings. The van der Waals surface area contributed by atoms with E-state index < -0.39 is 0 Å². The van der Waals surface area contributed by atoms with Crippen molar-refractivity contribution in [3.05, 3.63) is 58.5 Å². The molecule has 2 aromatic carbocycles. The number of carbonyl (C=O) groups excluding carboxylic acids is 2. The number of ether oxygens (including phenoxy) is 3. The van der Waals surface area contributed by atoms with Crippen molar-refractivity contribution in [3.8, 4) is 11.5 Å². The van der Waals surface area contributed by atoms with Crippen molar-refractivity contribution in [3.63, 3.8) is 0 Å². The summed E-state index contributed by atoms with van der Waals surface area (Å²) >= 11 is 6.73. The largest absolute Gasteiger partial charge is 0.490 e. The highest BCUT2D eigenvalue weighted by Crippen LogP contribution is 2.35. The number of nitrogens with zero attached hydrogens (tertiary/aromatic N) is 1. The van der Waals surface area contributed by atoms with Gasteiger partial charge in [0.2, 0.25) is 0 Å². The number of anilines is 1. The number of nitrogens with one attached hydrogen (secondary N) is 1. The van der Waals surface area contributed by atoms with E-state index in [2.05, 4.69) is 12.2 Å². The second-order valence-corrected chi connectivity index (χ2v) is 10.1. The Hall–Kier alpha value is -2.88. The number of amides is 2. The Morgan fingerprint density at radius 3 is 2.69 bits per heavy atom. The first-order valence-corrected chi connectivity index (χ1v) is 13.3. The number of aryl methyl sites for hydroxylation is 1. The fourth-order valence-electron chi connectivity index (χ4n) is 3.97. The molecule has 2 saturated heterocycles. The van der Waals surface area contributed by atoms with E-state index in [0.29, 0.717) is 33.9 Å². The van der Waals surface area contributed by atoms with E-state index in [1.54, 1.807) is 23.1 Å². The first-order chi connectivity index (χ1) is 17.5. The average Bonchev–Trinajstić information content (AvgIpc) is 3.48. The van der Waals surface area contributed by atoms with Crippen LogP contribution in [0, 0.1) is 0 Å². The summed E-state index contributed by atoms with van der Waals surface area (Å²) < 4.78 is 17.7. The molecule has 2 heterocycles. The highest BCUT2D eigenvalue weighted by atomic mass is 32.2. The number of hydrogen-bond donors (Lipinski definition) is 1. The summed E-state index contributed by atoms with van der Waals surface area (Å²) in [6.45, 7) is 5.45. The van der Waals surface area contributed by atoms with Crippen LogP contribution in [0.4, 0.5) is 5.69 Å². The molecule has 0 radical (unpaired) electrons. The lowest BCUT2D eigenvalue weighted by atomic mass is 10.1. The van der Waals surface area contributed by atoms with E-state index in [1.165, 1.54) is 17.3 Å². The van der Waals surface area contributed by atoms with Gasteiger partial charge in [-0.1, -0.05) is 49.1 Å². The van der Waals surface area contributed by atoms with Crippen molar-refractivity contribution >= 4 is 51.9 Å². The Morgan fingerprint density at radius 2 is 2.00 bits per heavy atom. The summed E-state index contributed by atoms with van der Waals surface area (Å²) in [6, 6.07) is 13.1. The topological polar surface area (TPSA) is 77.1 Å². The number of rotatable bonds is 10. The number of benzene rings is 2. The molecule has 2 amide bonds. The van der Waals surface area contributed by atoms with Gasteiger partial charge in [-0.3, -0.25) is 14.5 Å². The zero-order valence-corrected chi connectivity index (χ0v) is 22.1. The molecule has 1 N–H and O–H groups in total. The third-order valence-corrected chi connectivity index (χ3v) is 7.23. The molecule has 4 rings (SSSR count). The third kappa shape index (κ3) is 6.66. The van der Waals surface area contributed by atoms with E-state index in [-0.39, 0.29) is 24.5 Å². The van der Waals surface area contributed by atoms with Gasteiger partial charge in [0.15, 0.2) is 18.1 Å². The zero-order chi connectivity index (χ0) is 25.5. The monoisotopic (exact) mass is 526 g/mol. The van der Waals surface area contributed by atoms with E-state index >= 15 is 0 Å². The molecule has 2 aromatic rings.